The maximum atomic E-state index is 13.0. The second-order valence-electron chi connectivity index (χ2n) is 9.33. The molecule has 2 saturated carbocycles. The monoisotopic (exact) mass is 445 g/mol. The lowest BCUT2D eigenvalue weighted by Crippen LogP contribution is -2.48. The first-order valence-electron chi connectivity index (χ1n) is 11.3. The highest BCUT2D eigenvalue weighted by Crippen LogP contribution is 2.69. The number of hydrogen-bond acceptors (Lipinski definition) is 8. The molecule has 3 aliphatic rings. The average Bonchev–Trinajstić information content (AvgIpc) is 3.67. The summed E-state index contributed by atoms with van der Waals surface area (Å²) in [4.78, 5) is 25.8. The van der Waals surface area contributed by atoms with E-state index in [-0.39, 0.29) is 11.4 Å². The van der Waals surface area contributed by atoms with Crippen molar-refractivity contribution in [2.45, 2.75) is 25.3 Å². The van der Waals surface area contributed by atoms with Gasteiger partial charge in [-0.25, -0.2) is 10.8 Å². The first-order chi connectivity index (χ1) is 15.9. The van der Waals surface area contributed by atoms with E-state index in [0.717, 1.165) is 30.0 Å². The van der Waals surface area contributed by atoms with Crippen LogP contribution in [-0.4, -0.2) is 57.5 Å². The number of rotatable bonds is 5. The van der Waals surface area contributed by atoms with E-state index in [9.17, 15) is 4.79 Å². The zero-order valence-corrected chi connectivity index (χ0v) is 18.6. The third kappa shape index (κ3) is 3.48. The maximum absolute atomic E-state index is 13.0. The Labute approximate surface area is 191 Å². The summed E-state index contributed by atoms with van der Waals surface area (Å²) in [6, 6.07) is 11.8. The van der Waals surface area contributed by atoms with E-state index in [1.165, 1.54) is 0 Å². The smallest absolute Gasteiger partial charge is 0.300 e. The Morgan fingerprint density at radius 3 is 2.42 bits per heavy atom. The molecule has 2 aliphatic carbocycles. The molecule has 4 N–H and O–H groups in total. The van der Waals surface area contributed by atoms with Gasteiger partial charge in [0.15, 0.2) is 5.58 Å². The Bertz CT molecular complexity index is 1250. The highest BCUT2D eigenvalue weighted by atomic mass is 16.4. The fourth-order valence-corrected chi connectivity index (χ4v) is 4.58. The Hall–Kier alpha value is -3.59. The van der Waals surface area contributed by atoms with Gasteiger partial charge in [-0.1, -0.05) is 12.1 Å². The van der Waals surface area contributed by atoms with E-state index in [1.807, 2.05) is 54.4 Å². The summed E-state index contributed by atoms with van der Waals surface area (Å²) in [7, 11) is 0. The number of carbonyl (C=O) groups is 1. The van der Waals surface area contributed by atoms with Crippen molar-refractivity contribution >= 4 is 28.8 Å². The van der Waals surface area contributed by atoms with E-state index in [2.05, 4.69) is 14.9 Å². The van der Waals surface area contributed by atoms with Crippen molar-refractivity contribution in [3.8, 4) is 0 Å². The van der Waals surface area contributed by atoms with Gasteiger partial charge in [-0.2, -0.15) is 4.98 Å². The quantitative estimate of drug-likeness (QED) is 0.453. The maximum Gasteiger partial charge on any atom is 0.300 e. The zero-order chi connectivity index (χ0) is 22.7. The van der Waals surface area contributed by atoms with Crippen LogP contribution in [0.5, 0.6) is 0 Å². The lowest BCUT2D eigenvalue weighted by molar-refractivity contribution is 0.0745. The largest absolute Gasteiger partial charge is 0.422 e. The summed E-state index contributed by atoms with van der Waals surface area (Å²) < 4.78 is 5.85. The Balaban J connectivity index is 1.08. The van der Waals surface area contributed by atoms with Crippen LogP contribution in [0.1, 0.15) is 34.5 Å². The van der Waals surface area contributed by atoms with Crippen molar-refractivity contribution < 1.29 is 9.21 Å². The number of pyridine rings is 1. The van der Waals surface area contributed by atoms with Gasteiger partial charge in [-0.05, 0) is 55.5 Å². The van der Waals surface area contributed by atoms with Crippen LogP contribution >= 0.6 is 0 Å². The van der Waals surface area contributed by atoms with E-state index in [4.69, 9.17) is 16.0 Å². The van der Waals surface area contributed by atoms with Crippen LogP contribution in [0.15, 0.2) is 47.0 Å². The van der Waals surface area contributed by atoms with Crippen molar-refractivity contribution in [2.75, 3.05) is 31.1 Å². The number of oxazole rings is 1. The minimum absolute atomic E-state index is 0.0109. The molecule has 0 bridgehead atoms. The number of piperazine rings is 1. The molecule has 3 heterocycles. The van der Waals surface area contributed by atoms with Gasteiger partial charge < -0.3 is 25.0 Å². The molecule has 170 valence electrons. The second-order valence-corrected chi connectivity index (χ2v) is 9.33. The number of anilines is 1. The van der Waals surface area contributed by atoms with E-state index >= 15 is 0 Å². The number of nitrogens with zero attached hydrogens (tertiary/aromatic N) is 5. The molecule has 1 aromatic carbocycles. The fraction of sp³-hybridized carbons (Fsp3) is 0.375. The minimum Gasteiger partial charge on any atom is -0.422 e. The van der Waals surface area contributed by atoms with Gasteiger partial charge in [-0.3, -0.25) is 4.79 Å². The minimum atomic E-state index is 0.0109. The van der Waals surface area contributed by atoms with E-state index in [0.29, 0.717) is 54.7 Å². The molecule has 9 heteroatoms. The van der Waals surface area contributed by atoms with Gasteiger partial charge >= 0.3 is 0 Å². The number of hydrogen-bond donors (Lipinski definition) is 2. The van der Waals surface area contributed by atoms with E-state index < -0.39 is 0 Å². The zero-order valence-electron chi connectivity index (χ0n) is 18.6. The van der Waals surface area contributed by atoms with Gasteiger partial charge in [0, 0.05) is 43.6 Å². The lowest BCUT2D eigenvalue weighted by atomic mass is 10.1. The van der Waals surface area contributed by atoms with Crippen molar-refractivity contribution in [1.82, 2.24) is 19.9 Å². The molecular weight excluding hydrogens is 418 g/mol. The molecular formula is C24H27N7O2. The van der Waals surface area contributed by atoms with Crippen LogP contribution in [0.2, 0.25) is 0 Å². The lowest BCUT2D eigenvalue weighted by Gasteiger charge is -2.33. The summed E-state index contributed by atoms with van der Waals surface area (Å²) in [5.41, 5.74) is 10.7. The van der Waals surface area contributed by atoms with Gasteiger partial charge in [0.1, 0.15) is 0 Å². The molecule has 0 radical (unpaired) electrons. The molecule has 3 aromatic rings. The normalized spacial score (nSPS) is 24.1. The topological polar surface area (TPSA) is 118 Å². The van der Waals surface area contributed by atoms with Crippen molar-refractivity contribution in [2.24, 2.45) is 17.5 Å². The van der Waals surface area contributed by atoms with Crippen LogP contribution in [0.3, 0.4) is 0 Å². The Morgan fingerprint density at radius 2 is 1.76 bits per heavy atom. The highest BCUT2D eigenvalue weighted by Gasteiger charge is 2.72. The van der Waals surface area contributed by atoms with Crippen LogP contribution in [0.4, 0.5) is 6.01 Å². The molecule has 0 unspecified atom stereocenters. The van der Waals surface area contributed by atoms with Gasteiger partial charge in [0.2, 0.25) is 5.65 Å². The number of hydrazine groups is 1. The highest BCUT2D eigenvalue weighted by molar-refractivity contribution is 5.94. The van der Waals surface area contributed by atoms with Crippen molar-refractivity contribution in [3.05, 3.63) is 59.4 Å². The predicted molar refractivity (Wildman–Crippen MR) is 125 cm³/mol. The number of amides is 1. The Kier molecular flexibility index (Phi) is 4.38. The van der Waals surface area contributed by atoms with Gasteiger partial charge in [-0.15, -0.1) is 0 Å². The molecule has 1 aliphatic heterocycles. The Morgan fingerprint density at radius 1 is 1.09 bits per heavy atom. The van der Waals surface area contributed by atoms with E-state index in [1.54, 1.807) is 5.01 Å². The van der Waals surface area contributed by atoms with Crippen molar-refractivity contribution in [3.63, 3.8) is 0 Å². The molecule has 3 fully saturated rings. The SMILES string of the molecule is Cc1ccc2oc(N3CCN(C(=O)c4ccc(/C(N)=C/N(N)C56CC5C6)cc4)CC3)nc2n1. The molecule has 0 spiro atoms. The predicted octanol–water partition coefficient (Wildman–Crippen LogP) is 2.09. The second kappa shape index (κ2) is 7.21. The molecule has 2 aromatic heterocycles. The first kappa shape index (κ1) is 20.0. The first-order valence-corrected chi connectivity index (χ1v) is 11.3. The molecule has 1 amide bonds. The third-order valence-electron chi connectivity index (χ3n) is 7.12. The number of carbonyl (C=O) groups excluding carboxylic acids is 1. The van der Waals surface area contributed by atoms with Crippen molar-refractivity contribution in [1.29, 1.82) is 0 Å². The summed E-state index contributed by atoms with van der Waals surface area (Å²) in [6.45, 7) is 4.43. The summed E-state index contributed by atoms with van der Waals surface area (Å²) >= 11 is 0. The summed E-state index contributed by atoms with van der Waals surface area (Å²) in [5.74, 6) is 6.90. The standard InChI is InChI=1S/C24H27N7O2/c1-15-2-7-20-21(27-15)28-23(33-20)30-10-8-29(9-11-30)22(32)17-5-3-16(4-6-17)19(25)14-31(26)24-12-18(24)13-24/h2-7,14,18H,8-13,25-26H2,1H3/b19-14-. The number of fused-ring (bicyclic) bond motifs is 2. The number of aryl methyl sites for hydroxylation is 1. The van der Waals surface area contributed by atoms with Crippen LogP contribution in [-0.2, 0) is 0 Å². The molecule has 9 nitrogen and oxygen atoms in total. The summed E-state index contributed by atoms with van der Waals surface area (Å²) in [5, 5.41) is 1.76. The van der Waals surface area contributed by atoms with Gasteiger partial charge in [0.05, 0.1) is 11.2 Å². The fourth-order valence-electron chi connectivity index (χ4n) is 4.58. The van der Waals surface area contributed by atoms with Crippen LogP contribution < -0.4 is 16.5 Å². The van der Waals surface area contributed by atoms with Crippen LogP contribution in [0.25, 0.3) is 16.9 Å². The number of nitrogens with two attached hydrogens (primary N) is 2. The third-order valence-corrected chi connectivity index (χ3v) is 7.12. The molecule has 33 heavy (non-hydrogen) atoms. The number of aromatic nitrogens is 2. The molecule has 0 atom stereocenters. The van der Waals surface area contributed by atoms with Gasteiger partial charge in [0.25, 0.3) is 11.9 Å². The van der Waals surface area contributed by atoms with Crippen LogP contribution in [0, 0.1) is 12.8 Å². The molecule has 6 rings (SSSR count). The average molecular weight is 446 g/mol. The number of benzene rings is 1. The summed E-state index contributed by atoms with van der Waals surface area (Å²) in [6.07, 6.45) is 4.14. The molecule has 1 saturated heterocycles.